The fraction of sp³-hybridized carbons (Fsp3) is 0.647. The zero-order valence-electron chi connectivity index (χ0n) is 13.7. The van der Waals surface area contributed by atoms with Gasteiger partial charge >= 0.3 is 0 Å². The number of benzene rings is 1. The number of nitrogens with zero attached hydrogens (tertiary/aromatic N) is 1. The lowest BCUT2D eigenvalue weighted by Gasteiger charge is -2.50. The number of likely N-dealkylation sites (tertiary alicyclic amines) is 1. The summed E-state index contributed by atoms with van der Waals surface area (Å²) < 4.78 is 5.43. The molecule has 1 aromatic rings. The lowest BCUT2D eigenvalue weighted by Crippen LogP contribution is -2.61. The van der Waals surface area contributed by atoms with E-state index in [2.05, 4.69) is 63.3 Å². The van der Waals surface area contributed by atoms with E-state index < -0.39 is 0 Å². The molecule has 0 aromatic heterocycles. The zero-order valence-corrected chi connectivity index (χ0v) is 13.7. The maximum Gasteiger partial charge on any atom is 0.119 e. The number of likely N-dealkylation sites (N-methyl/N-ethyl adjacent to an activating group) is 2. The normalized spacial score (nSPS) is 31.3. The molecule has 112 valence electrons. The summed E-state index contributed by atoms with van der Waals surface area (Å²) in [5, 5.41) is 3.56. The van der Waals surface area contributed by atoms with Crippen LogP contribution in [0.5, 0.6) is 5.75 Å². The quantitative estimate of drug-likeness (QED) is 0.918. The minimum Gasteiger partial charge on any atom is -0.497 e. The van der Waals surface area contributed by atoms with Crippen LogP contribution in [0.25, 0.3) is 0 Å². The summed E-state index contributed by atoms with van der Waals surface area (Å²) in [7, 11) is 6.03. The van der Waals surface area contributed by atoms with Crippen molar-refractivity contribution in [2.24, 2.45) is 0 Å². The number of methoxy groups -OCH3 is 1. The Labute approximate surface area is 123 Å². The molecule has 1 unspecified atom stereocenters. The molecule has 0 spiro atoms. The fourth-order valence-electron chi connectivity index (χ4n) is 3.76. The molecule has 0 saturated carbocycles. The van der Waals surface area contributed by atoms with Crippen molar-refractivity contribution in [2.75, 3.05) is 27.7 Å². The van der Waals surface area contributed by atoms with Gasteiger partial charge in [-0.05, 0) is 64.2 Å². The minimum atomic E-state index is 0.138. The molecular formula is C17H28N2O. The van der Waals surface area contributed by atoms with Gasteiger partial charge in [0.2, 0.25) is 0 Å². The third kappa shape index (κ3) is 2.45. The molecule has 1 aliphatic rings. The van der Waals surface area contributed by atoms with Crippen molar-refractivity contribution in [1.29, 1.82) is 0 Å². The van der Waals surface area contributed by atoms with Crippen LogP contribution in [0.3, 0.4) is 0 Å². The van der Waals surface area contributed by atoms with Gasteiger partial charge < -0.3 is 15.0 Å². The highest BCUT2D eigenvalue weighted by molar-refractivity contribution is 5.41. The first-order valence-electron chi connectivity index (χ1n) is 7.46. The first kappa shape index (κ1) is 15.3. The third-order valence-corrected chi connectivity index (χ3v) is 5.22. The lowest BCUT2D eigenvalue weighted by molar-refractivity contribution is 0.0930. The molecule has 1 aromatic carbocycles. The molecule has 1 heterocycles. The van der Waals surface area contributed by atoms with Crippen molar-refractivity contribution in [3.05, 3.63) is 29.3 Å². The summed E-state index contributed by atoms with van der Waals surface area (Å²) in [6, 6.07) is 7.40. The Kier molecular flexibility index (Phi) is 4.40. The van der Waals surface area contributed by atoms with Gasteiger partial charge in [0, 0.05) is 17.5 Å². The monoisotopic (exact) mass is 276 g/mol. The van der Waals surface area contributed by atoms with E-state index in [1.54, 1.807) is 7.11 Å². The van der Waals surface area contributed by atoms with Gasteiger partial charge in [-0.15, -0.1) is 0 Å². The Morgan fingerprint density at radius 1 is 1.40 bits per heavy atom. The maximum absolute atomic E-state index is 5.43. The minimum absolute atomic E-state index is 0.138. The smallest absolute Gasteiger partial charge is 0.119 e. The second-order valence-corrected chi connectivity index (χ2v) is 6.34. The van der Waals surface area contributed by atoms with Crippen molar-refractivity contribution in [2.45, 2.75) is 44.7 Å². The molecule has 1 saturated heterocycles. The van der Waals surface area contributed by atoms with Crippen molar-refractivity contribution in [3.8, 4) is 5.75 Å². The second-order valence-electron chi connectivity index (χ2n) is 6.34. The summed E-state index contributed by atoms with van der Waals surface area (Å²) in [6.07, 6.45) is 1.16. The summed E-state index contributed by atoms with van der Waals surface area (Å²) in [5.41, 5.74) is 2.90. The predicted octanol–water partition coefficient (Wildman–Crippen LogP) is 2.57. The van der Waals surface area contributed by atoms with Crippen LogP contribution in [-0.4, -0.2) is 44.7 Å². The van der Waals surface area contributed by atoms with E-state index in [-0.39, 0.29) is 5.41 Å². The van der Waals surface area contributed by atoms with Gasteiger partial charge in [-0.1, -0.05) is 13.0 Å². The number of hydrogen-bond acceptors (Lipinski definition) is 3. The number of nitrogens with one attached hydrogen (secondary N) is 1. The van der Waals surface area contributed by atoms with Gasteiger partial charge in [0.25, 0.3) is 0 Å². The molecule has 0 bridgehead atoms. The number of ether oxygens (including phenoxy) is 1. The van der Waals surface area contributed by atoms with Gasteiger partial charge in [0.1, 0.15) is 5.75 Å². The maximum atomic E-state index is 5.43. The van der Waals surface area contributed by atoms with E-state index in [0.717, 1.165) is 18.7 Å². The predicted molar refractivity (Wildman–Crippen MR) is 84.6 cm³/mol. The van der Waals surface area contributed by atoms with E-state index in [4.69, 9.17) is 4.74 Å². The topological polar surface area (TPSA) is 24.5 Å². The van der Waals surface area contributed by atoms with Crippen molar-refractivity contribution < 1.29 is 4.74 Å². The number of rotatable bonds is 3. The molecule has 0 radical (unpaired) electrons. The molecule has 2 rings (SSSR count). The van der Waals surface area contributed by atoms with Gasteiger partial charge in [-0.25, -0.2) is 0 Å². The number of piperidine rings is 1. The van der Waals surface area contributed by atoms with E-state index in [9.17, 15) is 0 Å². The highest BCUT2D eigenvalue weighted by Crippen LogP contribution is 2.40. The third-order valence-electron chi connectivity index (χ3n) is 5.22. The Morgan fingerprint density at radius 3 is 2.70 bits per heavy atom. The summed E-state index contributed by atoms with van der Waals surface area (Å²) in [5.74, 6) is 0.952. The van der Waals surface area contributed by atoms with Crippen LogP contribution in [-0.2, 0) is 5.41 Å². The molecule has 20 heavy (non-hydrogen) atoms. The Morgan fingerprint density at radius 2 is 2.10 bits per heavy atom. The van der Waals surface area contributed by atoms with Crippen LogP contribution in [0.2, 0.25) is 0 Å². The van der Waals surface area contributed by atoms with Crippen molar-refractivity contribution in [1.82, 2.24) is 10.2 Å². The first-order chi connectivity index (χ1) is 9.43. The van der Waals surface area contributed by atoms with Crippen LogP contribution in [0, 0.1) is 6.92 Å². The standard InChI is InChI=1S/C17H28N2O/c1-12-7-8-14(20-6)11-15(12)17(3)9-10-19(5)13(2)16(17)18-4/h7-8,11,13,16,18H,9-10H2,1-6H3/t13-,16-,17?/m1/s1. The van der Waals surface area contributed by atoms with E-state index in [1.165, 1.54) is 11.1 Å². The van der Waals surface area contributed by atoms with Gasteiger partial charge in [0.05, 0.1) is 7.11 Å². The fourth-order valence-corrected chi connectivity index (χ4v) is 3.76. The Hall–Kier alpha value is -1.06. The molecule has 3 heteroatoms. The average molecular weight is 276 g/mol. The highest BCUT2D eigenvalue weighted by Gasteiger charge is 2.43. The number of aryl methyl sites for hydroxylation is 1. The van der Waals surface area contributed by atoms with Gasteiger partial charge in [0.15, 0.2) is 0 Å². The van der Waals surface area contributed by atoms with Crippen LogP contribution < -0.4 is 10.1 Å². The summed E-state index contributed by atoms with van der Waals surface area (Å²) in [4.78, 5) is 2.44. The van der Waals surface area contributed by atoms with Crippen molar-refractivity contribution >= 4 is 0 Å². The highest BCUT2D eigenvalue weighted by atomic mass is 16.5. The SMILES string of the molecule is CN[C@@H]1[C@@H](C)N(C)CCC1(C)c1cc(OC)ccc1C. The molecular weight excluding hydrogens is 248 g/mol. The Bertz CT molecular complexity index is 474. The molecule has 0 aliphatic carbocycles. The van der Waals surface area contributed by atoms with Gasteiger partial charge in [-0.3, -0.25) is 0 Å². The first-order valence-corrected chi connectivity index (χ1v) is 7.46. The van der Waals surface area contributed by atoms with E-state index in [0.29, 0.717) is 12.1 Å². The largest absolute Gasteiger partial charge is 0.497 e. The van der Waals surface area contributed by atoms with Gasteiger partial charge in [-0.2, -0.15) is 0 Å². The van der Waals surface area contributed by atoms with Crippen LogP contribution in [0.15, 0.2) is 18.2 Å². The molecule has 3 nitrogen and oxygen atoms in total. The van der Waals surface area contributed by atoms with Crippen molar-refractivity contribution in [3.63, 3.8) is 0 Å². The average Bonchev–Trinajstić information content (AvgIpc) is 2.44. The molecule has 1 aliphatic heterocycles. The Balaban J connectivity index is 2.47. The number of hydrogen-bond donors (Lipinski definition) is 1. The summed E-state index contributed by atoms with van der Waals surface area (Å²) >= 11 is 0. The molecule has 3 atom stereocenters. The van der Waals surface area contributed by atoms with E-state index >= 15 is 0 Å². The summed E-state index contributed by atoms with van der Waals surface area (Å²) in [6.45, 7) is 8.04. The molecule has 1 fully saturated rings. The lowest BCUT2D eigenvalue weighted by atomic mass is 9.67. The molecule has 0 amide bonds. The second kappa shape index (κ2) is 5.74. The molecule has 1 N–H and O–H groups in total. The van der Waals surface area contributed by atoms with Crippen LogP contribution >= 0.6 is 0 Å². The van der Waals surface area contributed by atoms with Crippen LogP contribution in [0.4, 0.5) is 0 Å². The zero-order chi connectivity index (χ0) is 14.9. The van der Waals surface area contributed by atoms with Crippen LogP contribution in [0.1, 0.15) is 31.4 Å². The van der Waals surface area contributed by atoms with E-state index in [1.807, 2.05) is 0 Å².